The van der Waals surface area contributed by atoms with Crippen LogP contribution in [-0.2, 0) is 4.79 Å². The second-order valence-electron chi connectivity index (χ2n) is 5.56. The molecule has 1 aliphatic rings. The van der Waals surface area contributed by atoms with Crippen molar-refractivity contribution in [3.05, 3.63) is 29.3 Å². The number of ether oxygens (including phenoxy) is 1. The Hall–Kier alpha value is -1.55. The number of amides is 1. The summed E-state index contributed by atoms with van der Waals surface area (Å²) in [6.07, 6.45) is 3.28. The van der Waals surface area contributed by atoms with Gasteiger partial charge in [0, 0.05) is 0 Å². The van der Waals surface area contributed by atoms with Crippen LogP contribution in [0.2, 0.25) is 0 Å². The molecular weight excluding hydrogens is 254 g/mol. The smallest absolute Gasteiger partial charge is 0.258 e. The average Bonchev–Trinajstić information content (AvgIpc) is 2.43. The number of hydrogen-bond donors (Lipinski definition) is 2. The van der Waals surface area contributed by atoms with Crippen molar-refractivity contribution in [2.75, 3.05) is 6.61 Å². The quantitative estimate of drug-likeness (QED) is 0.886. The van der Waals surface area contributed by atoms with E-state index in [9.17, 15) is 9.90 Å². The standard InChI is InChI=1S/C16H23NO3/c1-11-7-8-13(9-12(11)2)20-10-16(19)17-14-5-3-4-6-15(14)18/h7-9,14-15,18H,3-6,10H2,1-2H3,(H,17,19)/t14-,15-/m1/s1. The molecule has 2 atom stereocenters. The summed E-state index contributed by atoms with van der Waals surface area (Å²) >= 11 is 0. The van der Waals surface area contributed by atoms with Crippen LogP contribution in [0, 0.1) is 13.8 Å². The van der Waals surface area contributed by atoms with Gasteiger partial charge in [0.15, 0.2) is 6.61 Å². The van der Waals surface area contributed by atoms with Gasteiger partial charge in [0.2, 0.25) is 0 Å². The van der Waals surface area contributed by atoms with Crippen LogP contribution in [0.4, 0.5) is 0 Å². The summed E-state index contributed by atoms with van der Waals surface area (Å²) in [6, 6.07) is 5.65. The highest BCUT2D eigenvalue weighted by Gasteiger charge is 2.24. The molecule has 2 N–H and O–H groups in total. The van der Waals surface area contributed by atoms with E-state index in [1.54, 1.807) is 0 Å². The molecule has 0 unspecified atom stereocenters. The molecule has 0 bridgehead atoms. The topological polar surface area (TPSA) is 58.6 Å². The first kappa shape index (κ1) is 14.9. The Kier molecular flexibility index (Phi) is 5.01. The van der Waals surface area contributed by atoms with E-state index in [2.05, 4.69) is 5.32 Å². The van der Waals surface area contributed by atoms with Gasteiger partial charge in [0.25, 0.3) is 5.91 Å². The molecule has 1 aromatic carbocycles. The number of rotatable bonds is 4. The first-order valence-electron chi connectivity index (χ1n) is 7.24. The number of aliphatic hydroxyl groups excluding tert-OH is 1. The van der Waals surface area contributed by atoms with Crippen molar-refractivity contribution in [1.82, 2.24) is 5.32 Å². The van der Waals surface area contributed by atoms with Crippen LogP contribution in [0.1, 0.15) is 36.8 Å². The molecule has 4 heteroatoms. The van der Waals surface area contributed by atoms with Crippen LogP contribution in [0.15, 0.2) is 18.2 Å². The Morgan fingerprint density at radius 3 is 2.75 bits per heavy atom. The normalized spacial score (nSPS) is 22.4. The molecule has 110 valence electrons. The maximum Gasteiger partial charge on any atom is 0.258 e. The van der Waals surface area contributed by atoms with E-state index < -0.39 is 6.10 Å². The van der Waals surface area contributed by atoms with Gasteiger partial charge < -0.3 is 15.2 Å². The zero-order chi connectivity index (χ0) is 14.5. The van der Waals surface area contributed by atoms with Crippen molar-refractivity contribution in [2.24, 2.45) is 0 Å². The van der Waals surface area contributed by atoms with Gasteiger partial charge in [-0.15, -0.1) is 0 Å². The monoisotopic (exact) mass is 277 g/mol. The van der Waals surface area contributed by atoms with Crippen molar-refractivity contribution < 1.29 is 14.6 Å². The Morgan fingerprint density at radius 1 is 1.30 bits per heavy atom. The number of aliphatic hydroxyl groups is 1. The molecule has 0 radical (unpaired) electrons. The molecule has 1 fully saturated rings. The lowest BCUT2D eigenvalue weighted by atomic mass is 9.92. The first-order valence-corrected chi connectivity index (χ1v) is 7.24. The van der Waals surface area contributed by atoms with E-state index in [4.69, 9.17) is 4.74 Å². The summed E-state index contributed by atoms with van der Waals surface area (Å²) in [5, 5.41) is 12.7. The fourth-order valence-corrected chi connectivity index (χ4v) is 2.48. The van der Waals surface area contributed by atoms with Crippen molar-refractivity contribution in [3.63, 3.8) is 0 Å². The highest BCUT2D eigenvalue weighted by molar-refractivity contribution is 5.77. The van der Waals surface area contributed by atoms with E-state index in [-0.39, 0.29) is 18.6 Å². The second-order valence-corrected chi connectivity index (χ2v) is 5.56. The lowest BCUT2D eigenvalue weighted by molar-refractivity contribution is -0.125. The van der Waals surface area contributed by atoms with Gasteiger partial charge in [-0.1, -0.05) is 18.9 Å². The molecular formula is C16H23NO3. The maximum atomic E-state index is 11.8. The molecule has 0 saturated heterocycles. The van der Waals surface area contributed by atoms with E-state index in [0.717, 1.165) is 31.2 Å². The Labute approximate surface area is 120 Å². The van der Waals surface area contributed by atoms with Crippen LogP contribution in [-0.4, -0.2) is 29.8 Å². The van der Waals surface area contributed by atoms with Gasteiger partial charge in [0.1, 0.15) is 5.75 Å². The number of aryl methyl sites for hydroxylation is 2. The molecule has 1 aliphatic carbocycles. The van der Waals surface area contributed by atoms with Gasteiger partial charge in [-0.05, 0) is 49.9 Å². The van der Waals surface area contributed by atoms with Gasteiger partial charge in [-0.3, -0.25) is 4.79 Å². The van der Waals surface area contributed by atoms with E-state index in [1.807, 2.05) is 32.0 Å². The summed E-state index contributed by atoms with van der Waals surface area (Å²) in [5.74, 6) is 0.529. The number of benzene rings is 1. The summed E-state index contributed by atoms with van der Waals surface area (Å²) < 4.78 is 5.49. The largest absolute Gasteiger partial charge is 0.484 e. The second kappa shape index (κ2) is 6.75. The van der Waals surface area contributed by atoms with Crippen molar-refractivity contribution in [1.29, 1.82) is 0 Å². The molecule has 4 nitrogen and oxygen atoms in total. The van der Waals surface area contributed by atoms with Crippen LogP contribution >= 0.6 is 0 Å². The van der Waals surface area contributed by atoms with Gasteiger partial charge in [-0.25, -0.2) is 0 Å². The third-order valence-corrected chi connectivity index (χ3v) is 3.92. The summed E-state index contributed by atoms with van der Waals surface area (Å²) in [7, 11) is 0. The van der Waals surface area contributed by atoms with Crippen LogP contribution in [0.5, 0.6) is 5.75 Å². The highest BCUT2D eigenvalue weighted by atomic mass is 16.5. The van der Waals surface area contributed by atoms with Crippen LogP contribution < -0.4 is 10.1 Å². The van der Waals surface area contributed by atoms with Crippen molar-refractivity contribution in [3.8, 4) is 5.75 Å². The Balaban J connectivity index is 1.81. The van der Waals surface area contributed by atoms with Gasteiger partial charge in [0.05, 0.1) is 12.1 Å². The Bertz CT molecular complexity index is 473. The van der Waals surface area contributed by atoms with Crippen molar-refractivity contribution in [2.45, 2.75) is 51.7 Å². The minimum atomic E-state index is -0.422. The van der Waals surface area contributed by atoms with Gasteiger partial charge in [-0.2, -0.15) is 0 Å². The summed E-state index contributed by atoms with van der Waals surface area (Å²) in [6.45, 7) is 4.04. The number of carbonyl (C=O) groups is 1. The lowest BCUT2D eigenvalue weighted by Gasteiger charge is -2.28. The molecule has 2 rings (SSSR count). The predicted octanol–water partition coefficient (Wildman–Crippen LogP) is 2.10. The first-order chi connectivity index (χ1) is 9.56. The Morgan fingerprint density at radius 2 is 2.05 bits per heavy atom. The SMILES string of the molecule is Cc1ccc(OCC(=O)N[C@@H]2CCCC[C@H]2O)cc1C. The summed E-state index contributed by atoms with van der Waals surface area (Å²) in [5.41, 5.74) is 2.35. The van der Waals surface area contributed by atoms with Crippen LogP contribution in [0.3, 0.4) is 0 Å². The average molecular weight is 277 g/mol. The van der Waals surface area contributed by atoms with E-state index >= 15 is 0 Å². The van der Waals surface area contributed by atoms with E-state index in [0.29, 0.717) is 5.75 Å². The predicted molar refractivity (Wildman–Crippen MR) is 77.8 cm³/mol. The number of carbonyl (C=O) groups excluding carboxylic acids is 1. The minimum absolute atomic E-state index is 0.00821. The maximum absolute atomic E-state index is 11.8. The number of hydrogen-bond acceptors (Lipinski definition) is 3. The van der Waals surface area contributed by atoms with Crippen LogP contribution in [0.25, 0.3) is 0 Å². The molecule has 0 aromatic heterocycles. The molecule has 0 spiro atoms. The zero-order valence-corrected chi connectivity index (χ0v) is 12.2. The van der Waals surface area contributed by atoms with E-state index in [1.165, 1.54) is 5.56 Å². The molecule has 1 amide bonds. The molecule has 20 heavy (non-hydrogen) atoms. The highest BCUT2D eigenvalue weighted by Crippen LogP contribution is 2.19. The lowest BCUT2D eigenvalue weighted by Crippen LogP contribution is -2.46. The number of nitrogens with one attached hydrogen (secondary N) is 1. The van der Waals surface area contributed by atoms with Crippen molar-refractivity contribution >= 4 is 5.91 Å². The molecule has 1 saturated carbocycles. The molecule has 1 aromatic rings. The fraction of sp³-hybridized carbons (Fsp3) is 0.562. The van der Waals surface area contributed by atoms with Gasteiger partial charge >= 0.3 is 0 Å². The summed E-state index contributed by atoms with van der Waals surface area (Å²) in [4.78, 5) is 11.8. The molecule has 0 aliphatic heterocycles. The minimum Gasteiger partial charge on any atom is -0.484 e. The third-order valence-electron chi connectivity index (χ3n) is 3.92. The zero-order valence-electron chi connectivity index (χ0n) is 12.2. The molecule has 0 heterocycles. The third kappa shape index (κ3) is 3.97. The fourth-order valence-electron chi connectivity index (χ4n) is 2.48.